The van der Waals surface area contributed by atoms with Gasteiger partial charge in [0.1, 0.15) is 17.3 Å². The summed E-state index contributed by atoms with van der Waals surface area (Å²) in [4.78, 5) is 0. The molecule has 0 bridgehead atoms. The third-order valence-corrected chi connectivity index (χ3v) is 3.74. The number of benzene rings is 2. The van der Waals surface area contributed by atoms with Gasteiger partial charge in [0.15, 0.2) is 0 Å². The zero-order valence-corrected chi connectivity index (χ0v) is 19.1. The van der Waals surface area contributed by atoms with E-state index >= 15 is 0 Å². The molecule has 2 aromatic carbocycles. The van der Waals surface area contributed by atoms with Crippen molar-refractivity contribution in [2.75, 3.05) is 0 Å². The molecule has 25 heavy (non-hydrogen) atoms. The molecule has 142 valence electrons. The molecule has 0 fully saturated rings. The summed E-state index contributed by atoms with van der Waals surface area (Å²) in [6.07, 6.45) is 0. The summed E-state index contributed by atoms with van der Waals surface area (Å²) in [6, 6.07) is 8.67. The molecular formula is C20H33FO2P2. The Hall–Kier alpha value is -1.17. The number of rotatable bonds is 2. The van der Waals surface area contributed by atoms with Crippen LogP contribution in [-0.4, -0.2) is 10.2 Å². The van der Waals surface area contributed by atoms with E-state index in [0.29, 0.717) is 22.8 Å². The Labute approximate surface area is 158 Å². The number of phenols is 2. The Bertz CT molecular complexity index is 671. The summed E-state index contributed by atoms with van der Waals surface area (Å²) in [5.74, 6) is 0.899. The van der Waals surface area contributed by atoms with Crippen LogP contribution in [-0.2, 0) is 0 Å². The number of halogens is 1. The Balaban J connectivity index is 0. The smallest absolute Gasteiger partial charge is 0.126 e. The standard InChI is InChI=1S/C10H13FO.C10H14O.2H3P/c1-6(2)8-5-9(11)7(3)4-10(8)12;1-7(2)9-5-4-8(3)6-10(9)11;;/h4-6,12H,1-3H3;4-7,11H,1-3H3;2*1H3. The van der Waals surface area contributed by atoms with E-state index in [9.17, 15) is 14.6 Å². The average molecular weight is 386 g/mol. The number of hydrogen-bond donors (Lipinski definition) is 2. The highest BCUT2D eigenvalue weighted by molar-refractivity contribution is 6.92. The molecule has 0 saturated heterocycles. The van der Waals surface area contributed by atoms with Crippen molar-refractivity contribution in [1.82, 2.24) is 0 Å². The molecule has 0 aliphatic heterocycles. The summed E-state index contributed by atoms with van der Waals surface area (Å²) in [7, 11) is 0. The lowest BCUT2D eigenvalue weighted by Gasteiger charge is -2.09. The molecule has 2 N–H and O–H groups in total. The Morgan fingerprint density at radius 3 is 1.68 bits per heavy atom. The van der Waals surface area contributed by atoms with Crippen molar-refractivity contribution in [1.29, 1.82) is 0 Å². The zero-order chi connectivity index (χ0) is 17.7. The van der Waals surface area contributed by atoms with Gasteiger partial charge in [0.05, 0.1) is 0 Å². The SMILES string of the molecule is Cc1cc(O)c(C(C)C)cc1F.Cc1ccc(C(C)C)c(O)c1.P.P. The first kappa shape index (κ1) is 26.1. The zero-order valence-electron chi connectivity index (χ0n) is 16.2. The van der Waals surface area contributed by atoms with E-state index in [1.54, 1.807) is 13.0 Å². The normalized spacial score (nSPS) is 9.80. The maximum Gasteiger partial charge on any atom is 0.126 e. The van der Waals surface area contributed by atoms with E-state index in [-0.39, 0.29) is 37.3 Å². The molecule has 2 rings (SSSR count). The molecule has 2 unspecified atom stereocenters. The van der Waals surface area contributed by atoms with E-state index in [1.807, 2.05) is 32.9 Å². The second kappa shape index (κ2) is 11.4. The highest BCUT2D eigenvalue weighted by Gasteiger charge is 2.09. The van der Waals surface area contributed by atoms with Crippen LogP contribution in [0.3, 0.4) is 0 Å². The molecule has 0 aliphatic rings. The first-order chi connectivity index (χ1) is 10.6. The van der Waals surface area contributed by atoms with Crippen LogP contribution in [0.2, 0.25) is 0 Å². The monoisotopic (exact) mass is 386 g/mol. The molecule has 0 amide bonds. The fourth-order valence-electron chi connectivity index (χ4n) is 2.29. The molecule has 0 aliphatic carbocycles. The molecule has 0 aromatic heterocycles. The van der Waals surface area contributed by atoms with Gasteiger partial charge in [-0.05, 0) is 66.1 Å². The third kappa shape index (κ3) is 7.72. The van der Waals surface area contributed by atoms with Crippen LogP contribution in [0.1, 0.15) is 61.8 Å². The summed E-state index contributed by atoms with van der Waals surface area (Å²) in [5, 5.41) is 18.9. The lowest BCUT2D eigenvalue weighted by Crippen LogP contribution is -1.91. The molecular weight excluding hydrogens is 353 g/mol. The number of aryl methyl sites for hydroxylation is 2. The van der Waals surface area contributed by atoms with Gasteiger partial charge >= 0.3 is 0 Å². The van der Waals surface area contributed by atoms with E-state index < -0.39 is 0 Å². The van der Waals surface area contributed by atoms with Gasteiger partial charge < -0.3 is 10.2 Å². The van der Waals surface area contributed by atoms with Crippen LogP contribution in [0.4, 0.5) is 4.39 Å². The van der Waals surface area contributed by atoms with Crippen LogP contribution in [0.15, 0.2) is 30.3 Å². The minimum Gasteiger partial charge on any atom is -0.508 e. The number of hydrogen-bond acceptors (Lipinski definition) is 2. The van der Waals surface area contributed by atoms with Gasteiger partial charge in [-0.3, -0.25) is 0 Å². The highest BCUT2D eigenvalue weighted by atomic mass is 31.0. The van der Waals surface area contributed by atoms with Crippen LogP contribution < -0.4 is 0 Å². The summed E-state index contributed by atoms with van der Waals surface area (Å²) < 4.78 is 13.0. The molecule has 2 aromatic rings. The molecule has 0 spiro atoms. The summed E-state index contributed by atoms with van der Waals surface area (Å²) in [6.45, 7) is 11.6. The van der Waals surface area contributed by atoms with E-state index in [0.717, 1.165) is 11.1 Å². The topological polar surface area (TPSA) is 40.5 Å². The predicted molar refractivity (Wildman–Crippen MR) is 116 cm³/mol. The van der Waals surface area contributed by atoms with Gasteiger partial charge in [-0.1, -0.05) is 39.8 Å². The molecule has 5 heteroatoms. The highest BCUT2D eigenvalue weighted by Crippen LogP contribution is 2.27. The molecule has 2 nitrogen and oxygen atoms in total. The van der Waals surface area contributed by atoms with E-state index in [2.05, 4.69) is 13.8 Å². The number of phenolic OH excluding ortho intramolecular Hbond substituents is 2. The van der Waals surface area contributed by atoms with Crippen molar-refractivity contribution in [3.05, 3.63) is 58.4 Å². The Morgan fingerprint density at radius 1 is 0.760 bits per heavy atom. The van der Waals surface area contributed by atoms with Gasteiger partial charge in [0.2, 0.25) is 0 Å². The van der Waals surface area contributed by atoms with Gasteiger partial charge in [-0.2, -0.15) is 19.8 Å². The van der Waals surface area contributed by atoms with Crippen molar-refractivity contribution < 1.29 is 14.6 Å². The van der Waals surface area contributed by atoms with Crippen molar-refractivity contribution in [3.63, 3.8) is 0 Å². The van der Waals surface area contributed by atoms with Crippen molar-refractivity contribution >= 4 is 19.8 Å². The van der Waals surface area contributed by atoms with E-state index in [1.165, 1.54) is 12.1 Å². The first-order valence-electron chi connectivity index (χ1n) is 7.92. The molecule has 0 radical (unpaired) electrons. The van der Waals surface area contributed by atoms with Gasteiger partial charge in [0.25, 0.3) is 0 Å². The van der Waals surface area contributed by atoms with Crippen LogP contribution in [0.5, 0.6) is 11.5 Å². The van der Waals surface area contributed by atoms with Crippen molar-refractivity contribution in [3.8, 4) is 11.5 Å². The van der Waals surface area contributed by atoms with Gasteiger partial charge in [0, 0.05) is 0 Å². The fraction of sp³-hybridized carbons (Fsp3) is 0.400. The first-order valence-corrected chi connectivity index (χ1v) is 7.92. The van der Waals surface area contributed by atoms with Gasteiger partial charge in [-0.15, -0.1) is 0 Å². The van der Waals surface area contributed by atoms with Gasteiger partial charge in [-0.25, -0.2) is 4.39 Å². The lowest BCUT2D eigenvalue weighted by molar-refractivity contribution is 0.461. The van der Waals surface area contributed by atoms with Crippen molar-refractivity contribution in [2.24, 2.45) is 0 Å². The quantitative estimate of drug-likeness (QED) is 0.631. The van der Waals surface area contributed by atoms with Crippen molar-refractivity contribution in [2.45, 2.75) is 53.4 Å². The molecule has 2 atom stereocenters. The van der Waals surface area contributed by atoms with Crippen LogP contribution in [0, 0.1) is 19.7 Å². The second-order valence-corrected chi connectivity index (χ2v) is 6.53. The summed E-state index contributed by atoms with van der Waals surface area (Å²) in [5.41, 5.74) is 3.28. The fourth-order valence-corrected chi connectivity index (χ4v) is 2.29. The summed E-state index contributed by atoms with van der Waals surface area (Å²) >= 11 is 0. The molecule has 0 saturated carbocycles. The van der Waals surface area contributed by atoms with Crippen LogP contribution >= 0.6 is 19.8 Å². The maximum absolute atomic E-state index is 13.0. The Kier molecular flexibility index (Phi) is 11.9. The Morgan fingerprint density at radius 2 is 1.24 bits per heavy atom. The minimum absolute atomic E-state index is 0. The maximum atomic E-state index is 13.0. The van der Waals surface area contributed by atoms with E-state index in [4.69, 9.17) is 0 Å². The largest absolute Gasteiger partial charge is 0.508 e. The lowest BCUT2D eigenvalue weighted by atomic mass is 10.0. The third-order valence-electron chi connectivity index (χ3n) is 3.74. The van der Waals surface area contributed by atoms with Crippen LogP contribution in [0.25, 0.3) is 0 Å². The number of aromatic hydroxyl groups is 2. The second-order valence-electron chi connectivity index (χ2n) is 6.53. The predicted octanol–water partition coefficient (Wildman–Crippen LogP) is 5.90. The molecule has 0 heterocycles. The minimum atomic E-state index is -0.253. The average Bonchev–Trinajstić information content (AvgIpc) is 2.42.